The van der Waals surface area contributed by atoms with Gasteiger partial charge in [0.1, 0.15) is 23.7 Å². The van der Waals surface area contributed by atoms with Crippen LogP contribution in [-0.2, 0) is 0 Å². The number of anilines is 1. The van der Waals surface area contributed by atoms with Gasteiger partial charge in [0.05, 0.1) is 12.3 Å². The van der Waals surface area contributed by atoms with Crippen molar-refractivity contribution in [3.8, 4) is 5.75 Å². The maximum atomic E-state index is 12.4. The number of pyridine rings is 1. The minimum absolute atomic E-state index is 0.0368. The molecule has 0 aliphatic heterocycles. The van der Waals surface area contributed by atoms with Gasteiger partial charge in [-0.1, -0.05) is 20.8 Å². The minimum atomic E-state index is -0.512. The lowest BCUT2D eigenvalue weighted by molar-refractivity contribution is 0.0853. The zero-order valence-electron chi connectivity index (χ0n) is 16.1. The normalized spacial score (nSPS) is 11.4. The molecular weight excluding hydrogens is 358 g/mol. The first-order chi connectivity index (χ1) is 13.3. The van der Waals surface area contributed by atoms with E-state index < -0.39 is 5.41 Å². The van der Waals surface area contributed by atoms with Crippen molar-refractivity contribution in [1.29, 1.82) is 0 Å². The summed E-state index contributed by atoms with van der Waals surface area (Å²) in [6.07, 6.45) is 3.39. The summed E-state index contributed by atoms with van der Waals surface area (Å²) in [6, 6.07) is 10.1. The highest BCUT2D eigenvalue weighted by molar-refractivity contribution is 6.04. The maximum Gasteiger partial charge on any atom is 0.255 e. The number of aromatic nitrogens is 2. The Kier molecular flexibility index (Phi) is 5.46. The standard InChI is InChI=1S/C21H23N3O4/c1-21(2,3)19(26)17-13-24-12-15(6-9-18(24)23-17)22-20(27)14-4-7-16(8-5-14)28-11-10-25/h4-9,12-13,25H,10-11H2,1-3H3,(H,22,27). The number of carbonyl (C=O) groups excluding carboxylic acids is 2. The number of aliphatic hydroxyl groups is 1. The Morgan fingerprint density at radius 2 is 1.82 bits per heavy atom. The molecule has 2 heterocycles. The number of rotatable bonds is 6. The number of hydrogen-bond acceptors (Lipinski definition) is 5. The molecule has 146 valence electrons. The maximum absolute atomic E-state index is 12.4. The fraction of sp³-hybridized carbons (Fsp3) is 0.286. The molecule has 0 spiro atoms. The van der Waals surface area contributed by atoms with Crippen LogP contribution in [0.3, 0.4) is 0 Å². The average molecular weight is 381 g/mol. The van der Waals surface area contributed by atoms with Gasteiger partial charge in [-0.05, 0) is 36.4 Å². The van der Waals surface area contributed by atoms with E-state index in [2.05, 4.69) is 10.3 Å². The van der Waals surface area contributed by atoms with E-state index >= 15 is 0 Å². The number of carbonyl (C=O) groups is 2. The summed E-state index contributed by atoms with van der Waals surface area (Å²) in [5.41, 5.74) is 1.59. The molecule has 0 saturated carbocycles. The number of nitrogens with zero attached hydrogens (tertiary/aromatic N) is 2. The lowest BCUT2D eigenvalue weighted by Crippen LogP contribution is -2.20. The van der Waals surface area contributed by atoms with E-state index in [0.29, 0.717) is 28.3 Å². The molecule has 1 amide bonds. The van der Waals surface area contributed by atoms with Crippen molar-refractivity contribution in [2.45, 2.75) is 20.8 Å². The Morgan fingerprint density at radius 3 is 2.46 bits per heavy atom. The molecule has 0 unspecified atom stereocenters. The molecule has 2 N–H and O–H groups in total. The third-order valence-electron chi connectivity index (χ3n) is 4.10. The van der Waals surface area contributed by atoms with Crippen LogP contribution in [0.25, 0.3) is 5.65 Å². The Balaban J connectivity index is 1.75. The van der Waals surface area contributed by atoms with Crippen LogP contribution in [-0.4, -0.2) is 39.4 Å². The Labute approximate surface area is 163 Å². The molecule has 0 aliphatic carbocycles. The first kappa shape index (κ1) is 19.6. The van der Waals surface area contributed by atoms with E-state index in [1.165, 1.54) is 0 Å². The highest BCUT2D eigenvalue weighted by Crippen LogP contribution is 2.21. The molecule has 0 radical (unpaired) electrons. The van der Waals surface area contributed by atoms with Crippen LogP contribution >= 0.6 is 0 Å². The third-order valence-corrected chi connectivity index (χ3v) is 4.10. The number of amides is 1. The van der Waals surface area contributed by atoms with Crippen LogP contribution in [0.15, 0.2) is 48.8 Å². The van der Waals surface area contributed by atoms with Gasteiger partial charge in [0.2, 0.25) is 0 Å². The summed E-state index contributed by atoms with van der Waals surface area (Å²) in [5.74, 6) is 0.283. The molecule has 2 aromatic heterocycles. The Bertz CT molecular complexity index is 1000. The van der Waals surface area contributed by atoms with Crippen LogP contribution in [0.5, 0.6) is 5.75 Å². The first-order valence-electron chi connectivity index (χ1n) is 8.96. The predicted molar refractivity (Wildman–Crippen MR) is 106 cm³/mol. The highest BCUT2D eigenvalue weighted by Gasteiger charge is 2.25. The number of imidazole rings is 1. The van der Waals surface area contributed by atoms with Gasteiger partial charge >= 0.3 is 0 Å². The zero-order chi connectivity index (χ0) is 20.3. The number of hydrogen-bond donors (Lipinski definition) is 2. The van der Waals surface area contributed by atoms with Gasteiger partial charge in [-0.3, -0.25) is 9.59 Å². The van der Waals surface area contributed by atoms with Crippen LogP contribution in [0, 0.1) is 5.41 Å². The van der Waals surface area contributed by atoms with Crippen molar-refractivity contribution >= 4 is 23.0 Å². The average Bonchev–Trinajstić information content (AvgIpc) is 3.08. The summed E-state index contributed by atoms with van der Waals surface area (Å²) < 4.78 is 7.00. The number of fused-ring (bicyclic) bond motifs is 1. The molecule has 0 aliphatic rings. The fourth-order valence-electron chi connectivity index (χ4n) is 2.63. The second-order valence-electron chi connectivity index (χ2n) is 7.44. The number of ketones is 1. The molecule has 28 heavy (non-hydrogen) atoms. The molecule has 3 aromatic rings. The first-order valence-corrected chi connectivity index (χ1v) is 8.96. The zero-order valence-corrected chi connectivity index (χ0v) is 16.1. The van der Waals surface area contributed by atoms with Gasteiger partial charge in [-0.15, -0.1) is 0 Å². The highest BCUT2D eigenvalue weighted by atomic mass is 16.5. The molecule has 7 nitrogen and oxygen atoms in total. The van der Waals surface area contributed by atoms with Crippen molar-refractivity contribution in [1.82, 2.24) is 9.38 Å². The third kappa shape index (κ3) is 4.37. The quantitative estimate of drug-likeness (QED) is 0.640. The number of aliphatic hydroxyl groups excluding tert-OH is 1. The van der Waals surface area contributed by atoms with Crippen molar-refractivity contribution in [3.63, 3.8) is 0 Å². The van der Waals surface area contributed by atoms with Gasteiger partial charge in [-0.25, -0.2) is 4.98 Å². The van der Waals surface area contributed by atoms with E-state index in [4.69, 9.17) is 9.84 Å². The van der Waals surface area contributed by atoms with Gasteiger partial charge in [0.15, 0.2) is 5.78 Å². The van der Waals surface area contributed by atoms with Crippen LogP contribution in [0.4, 0.5) is 5.69 Å². The molecular formula is C21H23N3O4. The molecule has 1 aromatic carbocycles. The Hall–Kier alpha value is -3.19. The molecule has 0 fully saturated rings. The van der Waals surface area contributed by atoms with Gasteiger partial charge in [0, 0.05) is 23.4 Å². The number of nitrogens with one attached hydrogen (secondary N) is 1. The lowest BCUT2D eigenvalue weighted by atomic mass is 9.89. The van der Waals surface area contributed by atoms with Crippen LogP contribution in [0.2, 0.25) is 0 Å². The summed E-state index contributed by atoms with van der Waals surface area (Å²) >= 11 is 0. The second kappa shape index (κ2) is 7.82. The summed E-state index contributed by atoms with van der Waals surface area (Å²) in [4.78, 5) is 29.2. The van der Waals surface area contributed by atoms with E-state index in [-0.39, 0.29) is 24.9 Å². The van der Waals surface area contributed by atoms with Crippen molar-refractivity contribution in [2.24, 2.45) is 5.41 Å². The van der Waals surface area contributed by atoms with E-state index in [1.807, 2.05) is 20.8 Å². The van der Waals surface area contributed by atoms with E-state index in [0.717, 1.165) is 0 Å². The van der Waals surface area contributed by atoms with Crippen LogP contribution < -0.4 is 10.1 Å². The lowest BCUT2D eigenvalue weighted by Gasteiger charge is -2.13. The topological polar surface area (TPSA) is 92.9 Å². The van der Waals surface area contributed by atoms with Crippen molar-refractivity contribution in [2.75, 3.05) is 18.5 Å². The molecule has 0 bridgehead atoms. The number of ether oxygens (including phenoxy) is 1. The van der Waals surface area contributed by atoms with Crippen LogP contribution in [0.1, 0.15) is 41.6 Å². The second-order valence-corrected chi connectivity index (χ2v) is 7.44. The minimum Gasteiger partial charge on any atom is -0.491 e. The largest absolute Gasteiger partial charge is 0.491 e. The van der Waals surface area contributed by atoms with E-state index in [9.17, 15) is 9.59 Å². The molecule has 0 saturated heterocycles. The molecule has 3 rings (SSSR count). The monoisotopic (exact) mass is 381 g/mol. The summed E-state index contributed by atoms with van der Waals surface area (Å²) in [6.45, 7) is 5.69. The molecule has 7 heteroatoms. The number of Topliss-reactive ketones (excluding diaryl/α,β-unsaturated/α-hetero) is 1. The van der Waals surface area contributed by atoms with Gasteiger partial charge in [0.25, 0.3) is 5.91 Å². The smallest absolute Gasteiger partial charge is 0.255 e. The van der Waals surface area contributed by atoms with E-state index in [1.54, 1.807) is 53.2 Å². The SMILES string of the molecule is CC(C)(C)C(=O)c1cn2cc(NC(=O)c3ccc(OCCO)cc3)ccc2n1. The van der Waals surface area contributed by atoms with Crippen molar-refractivity contribution in [3.05, 3.63) is 60.0 Å². The number of benzene rings is 1. The predicted octanol–water partition coefficient (Wildman–Crippen LogP) is 3.19. The summed E-state index contributed by atoms with van der Waals surface area (Å²) in [7, 11) is 0. The summed E-state index contributed by atoms with van der Waals surface area (Å²) in [5, 5.41) is 11.6. The fourth-order valence-corrected chi connectivity index (χ4v) is 2.63. The van der Waals surface area contributed by atoms with Crippen molar-refractivity contribution < 1.29 is 19.4 Å². The van der Waals surface area contributed by atoms with Gasteiger partial charge < -0.3 is 19.6 Å². The molecule has 0 atom stereocenters. The van der Waals surface area contributed by atoms with Gasteiger partial charge in [-0.2, -0.15) is 0 Å². The Morgan fingerprint density at radius 1 is 1.11 bits per heavy atom.